The van der Waals surface area contributed by atoms with Crippen molar-refractivity contribution in [3.63, 3.8) is 0 Å². The fourth-order valence-electron chi connectivity index (χ4n) is 5.54. The van der Waals surface area contributed by atoms with E-state index in [0.29, 0.717) is 0 Å². The Labute approximate surface area is 251 Å². The Bertz CT molecular complexity index is 1590. The number of imidazole rings is 1. The average molecular weight is 610 g/mol. The molecule has 2 aliphatic rings. The summed E-state index contributed by atoms with van der Waals surface area (Å²) in [7, 11) is 0. The second-order valence-electron chi connectivity index (χ2n) is 10.8. The minimum absolute atomic E-state index is 0.00567. The third-order valence-corrected chi connectivity index (χ3v) is 7.83. The summed E-state index contributed by atoms with van der Waals surface area (Å²) in [6.45, 7) is 1.55. The fraction of sp³-hybridized carbons (Fsp3) is 0.433. The summed E-state index contributed by atoms with van der Waals surface area (Å²) in [5.74, 6) is -0.133. The maximum absolute atomic E-state index is 12.3. The van der Waals surface area contributed by atoms with Gasteiger partial charge in [-0.25, -0.2) is 4.98 Å². The minimum Gasteiger partial charge on any atom is -0.394 e. The number of H-pyrrole nitrogens is 1. The van der Waals surface area contributed by atoms with E-state index in [2.05, 4.69) is 15.0 Å². The van der Waals surface area contributed by atoms with Crippen molar-refractivity contribution in [1.82, 2.24) is 19.5 Å². The van der Waals surface area contributed by atoms with Crippen molar-refractivity contribution in [3.8, 4) is 0 Å². The van der Waals surface area contributed by atoms with Gasteiger partial charge in [0.1, 0.15) is 36.6 Å². The maximum Gasteiger partial charge on any atom is 0.280 e. The summed E-state index contributed by atoms with van der Waals surface area (Å²) >= 11 is 0. The van der Waals surface area contributed by atoms with Crippen molar-refractivity contribution < 1.29 is 39.0 Å². The number of nitrogen functional groups attached to an aromatic ring is 1. The van der Waals surface area contributed by atoms with Crippen LogP contribution in [0.2, 0.25) is 0 Å². The monoisotopic (exact) mass is 609 g/mol. The summed E-state index contributed by atoms with van der Waals surface area (Å²) in [6, 6.07) is 19.0. The van der Waals surface area contributed by atoms with Crippen LogP contribution < -0.4 is 11.3 Å². The van der Waals surface area contributed by atoms with Crippen molar-refractivity contribution in [2.75, 3.05) is 12.3 Å². The van der Waals surface area contributed by atoms with Gasteiger partial charge >= 0.3 is 0 Å². The van der Waals surface area contributed by atoms with Crippen LogP contribution in [0.4, 0.5) is 5.95 Å². The van der Waals surface area contributed by atoms with E-state index < -0.39 is 67.4 Å². The summed E-state index contributed by atoms with van der Waals surface area (Å²) in [5.41, 5.74) is 7.07. The second-order valence-corrected chi connectivity index (χ2v) is 10.8. The summed E-state index contributed by atoms with van der Waals surface area (Å²) < 4.78 is 32.3. The van der Waals surface area contributed by atoms with Crippen molar-refractivity contribution in [2.45, 2.75) is 75.4 Å². The van der Waals surface area contributed by atoms with E-state index in [9.17, 15) is 20.1 Å². The molecule has 6 N–H and O–H groups in total. The van der Waals surface area contributed by atoms with Crippen molar-refractivity contribution in [3.05, 3.63) is 88.5 Å². The molecule has 0 saturated carbocycles. The van der Waals surface area contributed by atoms with Gasteiger partial charge in [-0.15, -0.1) is 0 Å². The molecule has 0 unspecified atom stereocenters. The Morgan fingerprint density at radius 1 is 0.932 bits per heavy atom. The fourth-order valence-corrected chi connectivity index (χ4v) is 5.54. The van der Waals surface area contributed by atoms with E-state index in [1.165, 1.54) is 10.9 Å². The number of ether oxygens (including phenoxy) is 5. The van der Waals surface area contributed by atoms with Crippen LogP contribution in [0.5, 0.6) is 0 Å². The van der Waals surface area contributed by atoms with Gasteiger partial charge in [-0.2, -0.15) is 4.98 Å². The minimum atomic E-state index is -1.36. The quantitative estimate of drug-likeness (QED) is 0.168. The number of nitrogens with one attached hydrogen (secondary N) is 1. The number of aliphatic hydroxyl groups excluding tert-OH is 3. The molecule has 2 aromatic heterocycles. The van der Waals surface area contributed by atoms with Gasteiger partial charge in [-0.3, -0.25) is 14.3 Å². The molecule has 234 valence electrons. The van der Waals surface area contributed by atoms with Gasteiger partial charge in [-0.1, -0.05) is 60.7 Å². The highest BCUT2D eigenvalue weighted by molar-refractivity contribution is 5.70. The van der Waals surface area contributed by atoms with E-state index >= 15 is 0 Å². The van der Waals surface area contributed by atoms with Crippen molar-refractivity contribution >= 4 is 17.1 Å². The van der Waals surface area contributed by atoms with E-state index in [-0.39, 0.29) is 30.3 Å². The van der Waals surface area contributed by atoms with Crippen molar-refractivity contribution in [2.24, 2.45) is 0 Å². The molecular formula is C30H35N5O9. The van der Waals surface area contributed by atoms with E-state index in [1.807, 2.05) is 60.7 Å². The summed E-state index contributed by atoms with van der Waals surface area (Å²) in [6.07, 6.45) is -8.04. The number of nitrogens with two attached hydrogens (primary N) is 1. The number of fused-ring (bicyclic) bond motifs is 1. The molecular weight excluding hydrogens is 574 g/mol. The molecule has 2 saturated heterocycles. The van der Waals surface area contributed by atoms with Gasteiger partial charge in [0.2, 0.25) is 5.95 Å². The number of hydrogen-bond donors (Lipinski definition) is 5. The van der Waals surface area contributed by atoms with Gasteiger partial charge < -0.3 is 44.7 Å². The SMILES string of the molecule is C[C@@H]1O[C@@H](O[C@H]2[C@@H](O)[C@H](n3cnc4c(=O)[nH]c(N)nc43)O[C@@H]2CO)[C@@H](OCc2ccccc2)[C@H](OCc2ccccc2)[C@@H]1O. The van der Waals surface area contributed by atoms with Crippen LogP contribution in [0.3, 0.4) is 0 Å². The number of benzene rings is 2. The molecule has 0 radical (unpaired) electrons. The molecule has 2 aromatic carbocycles. The lowest BCUT2D eigenvalue weighted by Crippen LogP contribution is -2.60. The molecule has 0 amide bonds. The van der Waals surface area contributed by atoms with Crippen LogP contribution in [-0.2, 0) is 36.9 Å². The second kappa shape index (κ2) is 13.1. The number of aliphatic hydroxyl groups is 3. The summed E-state index contributed by atoms with van der Waals surface area (Å²) in [5, 5.41) is 32.8. The molecule has 14 heteroatoms. The third kappa shape index (κ3) is 6.11. The van der Waals surface area contributed by atoms with Gasteiger partial charge in [0, 0.05) is 0 Å². The number of rotatable bonds is 10. The highest BCUT2D eigenvalue weighted by Crippen LogP contribution is 2.36. The van der Waals surface area contributed by atoms with Crippen LogP contribution in [0.1, 0.15) is 24.3 Å². The molecule has 9 atom stereocenters. The van der Waals surface area contributed by atoms with Crippen LogP contribution in [-0.4, -0.2) is 90.5 Å². The Morgan fingerprint density at radius 2 is 1.57 bits per heavy atom. The Balaban J connectivity index is 1.27. The van der Waals surface area contributed by atoms with Gasteiger partial charge in [0.15, 0.2) is 23.7 Å². The first-order valence-corrected chi connectivity index (χ1v) is 14.3. The lowest BCUT2D eigenvalue weighted by Gasteiger charge is -2.44. The Kier molecular flexibility index (Phi) is 9.02. The smallest absolute Gasteiger partial charge is 0.280 e. The first-order chi connectivity index (χ1) is 21.3. The lowest BCUT2D eigenvalue weighted by atomic mass is 9.98. The largest absolute Gasteiger partial charge is 0.394 e. The molecule has 4 heterocycles. The molecule has 0 spiro atoms. The molecule has 0 bridgehead atoms. The lowest BCUT2D eigenvalue weighted by molar-refractivity contribution is -0.328. The molecule has 0 aliphatic carbocycles. The van der Waals surface area contributed by atoms with Crippen molar-refractivity contribution in [1.29, 1.82) is 0 Å². The number of aromatic amines is 1. The van der Waals surface area contributed by atoms with Crippen LogP contribution in [0, 0.1) is 0 Å². The first-order valence-electron chi connectivity index (χ1n) is 14.3. The van der Waals surface area contributed by atoms with Gasteiger partial charge in [0.05, 0.1) is 32.3 Å². The number of aromatic nitrogens is 4. The normalized spacial score (nSPS) is 30.6. The van der Waals surface area contributed by atoms with Crippen LogP contribution in [0.15, 0.2) is 71.8 Å². The number of nitrogens with zero attached hydrogens (tertiary/aromatic N) is 3. The Hall–Kier alpha value is -3.73. The maximum atomic E-state index is 12.3. The molecule has 14 nitrogen and oxygen atoms in total. The highest BCUT2D eigenvalue weighted by Gasteiger charge is 2.52. The zero-order valence-corrected chi connectivity index (χ0v) is 23.9. The zero-order chi connectivity index (χ0) is 30.8. The van der Waals surface area contributed by atoms with Gasteiger partial charge in [-0.05, 0) is 18.1 Å². The standard InChI is InChI=1S/C30H35N5O9/c1-16-21(37)24(40-13-17-8-4-2-5-9-17)25(41-14-18-10-6-3-7-11-18)29(42-16)44-23-19(12-36)43-28(22(23)38)35-15-32-20-26(35)33-30(31)34-27(20)39/h2-11,15-16,19,21-25,28-29,36-38H,12-14H2,1H3,(H3,31,33,34,39)/t16-,19+,21+,22+,23+,24+,25-,28+,29-/m0/s1. The first kappa shape index (κ1) is 30.3. The predicted molar refractivity (Wildman–Crippen MR) is 155 cm³/mol. The topological polar surface area (TPSA) is 196 Å². The number of hydrogen-bond acceptors (Lipinski definition) is 12. The molecule has 2 aliphatic heterocycles. The predicted octanol–water partition coefficient (Wildman–Crippen LogP) is 0.614. The average Bonchev–Trinajstić information content (AvgIpc) is 3.59. The number of anilines is 1. The molecule has 44 heavy (non-hydrogen) atoms. The van der Waals surface area contributed by atoms with E-state index in [0.717, 1.165) is 11.1 Å². The molecule has 2 fully saturated rings. The third-order valence-electron chi connectivity index (χ3n) is 7.83. The van der Waals surface area contributed by atoms with Gasteiger partial charge in [0.25, 0.3) is 5.56 Å². The molecule has 4 aromatic rings. The Morgan fingerprint density at radius 3 is 2.20 bits per heavy atom. The van der Waals surface area contributed by atoms with Crippen LogP contribution in [0.25, 0.3) is 11.2 Å². The molecule has 6 rings (SSSR count). The summed E-state index contributed by atoms with van der Waals surface area (Å²) in [4.78, 5) is 22.9. The van der Waals surface area contributed by atoms with Crippen LogP contribution >= 0.6 is 0 Å². The van der Waals surface area contributed by atoms with E-state index in [4.69, 9.17) is 29.4 Å². The van der Waals surface area contributed by atoms with E-state index in [1.54, 1.807) is 6.92 Å². The highest BCUT2D eigenvalue weighted by atomic mass is 16.7. The zero-order valence-electron chi connectivity index (χ0n) is 23.9.